The summed E-state index contributed by atoms with van der Waals surface area (Å²) < 4.78 is 16.3. The molecular formula is C16H34N2O3. The van der Waals surface area contributed by atoms with Crippen LogP contribution in [0.1, 0.15) is 27.2 Å². The van der Waals surface area contributed by atoms with Crippen molar-refractivity contribution in [2.75, 3.05) is 60.3 Å². The minimum absolute atomic E-state index is 0.208. The van der Waals surface area contributed by atoms with Gasteiger partial charge in [-0.2, -0.15) is 0 Å². The van der Waals surface area contributed by atoms with E-state index in [4.69, 9.17) is 14.2 Å². The summed E-state index contributed by atoms with van der Waals surface area (Å²) in [5.41, 5.74) is 0.208. The maximum atomic E-state index is 5.71. The van der Waals surface area contributed by atoms with Gasteiger partial charge in [0.1, 0.15) is 0 Å². The maximum absolute atomic E-state index is 5.71. The summed E-state index contributed by atoms with van der Waals surface area (Å²) in [6.45, 7) is 12.8. The number of nitrogens with one attached hydrogen (secondary N) is 1. The Labute approximate surface area is 130 Å². The van der Waals surface area contributed by atoms with E-state index in [0.29, 0.717) is 12.1 Å². The van der Waals surface area contributed by atoms with Gasteiger partial charge in [0.25, 0.3) is 0 Å². The minimum Gasteiger partial charge on any atom is -0.383 e. The third-order valence-corrected chi connectivity index (χ3v) is 4.22. The quantitative estimate of drug-likeness (QED) is 0.624. The maximum Gasteiger partial charge on any atom is 0.0615 e. The summed E-state index contributed by atoms with van der Waals surface area (Å²) in [4.78, 5) is 2.48. The molecule has 1 heterocycles. The molecule has 0 aliphatic carbocycles. The van der Waals surface area contributed by atoms with E-state index in [1.165, 1.54) is 0 Å². The highest BCUT2D eigenvalue weighted by Crippen LogP contribution is 2.30. The lowest BCUT2D eigenvalue weighted by Crippen LogP contribution is -2.50. The summed E-state index contributed by atoms with van der Waals surface area (Å²) in [6, 6.07) is 0.896. The van der Waals surface area contributed by atoms with Crippen molar-refractivity contribution in [1.82, 2.24) is 10.2 Å². The molecule has 0 aromatic carbocycles. The highest BCUT2D eigenvalue weighted by atomic mass is 16.5. The first kappa shape index (κ1) is 18.8. The molecule has 126 valence electrons. The molecule has 1 aliphatic rings. The van der Waals surface area contributed by atoms with E-state index in [1.807, 2.05) is 0 Å². The molecule has 0 spiro atoms. The standard InChI is InChI=1S/C16H34N2O3/c1-14(2)17-11-16(6-8-21-13-16)12-18(7-9-19-4)15(3)10-20-5/h14-15,17H,6-13H2,1-5H3. The Hall–Kier alpha value is -0.200. The second-order valence-corrected chi connectivity index (χ2v) is 6.61. The van der Waals surface area contributed by atoms with Crippen LogP contribution in [0.2, 0.25) is 0 Å². The first-order valence-corrected chi connectivity index (χ1v) is 8.06. The largest absolute Gasteiger partial charge is 0.383 e. The lowest BCUT2D eigenvalue weighted by atomic mass is 9.85. The second-order valence-electron chi connectivity index (χ2n) is 6.61. The van der Waals surface area contributed by atoms with Gasteiger partial charge in [0, 0.05) is 58.0 Å². The Morgan fingerprint density at radius 2 is 2.00 bits per heavy atom. The fourth-order valence-corrected chi connectivity index (χ4v) is 2.83. The van der Waals surface area contributed by atoms with Gasteiger partial charge in [0.15, 0.2) is 0 Å². The van der Waals surface area contributed by atoms with E-state index < -0.39 is 0 Å². The minimum atomic E-state index is 0.208. The second kappa shape index (κ2) is 9.74. The highest BCUT2D eigenvalue weighted by Gasteiger charge is 2.37. The predicted molar refractivity (Wildman–Crippen MR) is 85.8 cm³/mol. The lowest BCUT2D eigenvalue weighted by Gasteiger charge is -2.38. The monoisotopic (exact) mass is 302 g/mol. The van der Waals surface area contributed by atoms with Gasteiger partial charge >= 0.3 is 0 Å². The van der Waals surface area contributed by atoms with Gasteiger partial charge in [-0.1, -0.05) is 13.8 Å². The number of ether oxygens (including phenoxy) is 3. The Balaban J connectivity index is 2.65. The predicted octanol–water partition coefficient (Wildman–Crippen LogP) is 1.37. The Bertz CT molecular complexity index is 268. The van der Waals surface area contributed by atoms with Crippen LogP contribution in [0, 0.1) is 5.41 Å². The number of rotatable bonds is 11. The van der Waals surface area contributed by atoms with Gasteiger partial charge in [0.2, 0.25) is 0 Å². The summed E-state index contributed by atoms with van der Waals surface area (Å²) in [7, 11) is 3.52. The molecule has 0 radical (unpaired) electrons. The van der Waals surface area contributed by atoms with Crippen LogP contribution in [0.5, 0.6) is 0 Å². The van der Waals surface area contributed by atoms with Crippen LogP contribution in [0.4, 0.5) is 0 Å². The fraction of sp³-hybridized carbons (Fsp3) is 1.00. The van der Waals surface area contributed by atoms with E-state index in [1.54, 1.807) is 14.2 Å². The molecule has 0 aromatic heterocycles. The van der Waals surface area contributed by atoms with E-state index in [9.17, 15) is 0 Å². The van der Waals surface area contributed by atoms with Crippen molar-refractivity contribution in [1.29, 1.82) is 0 Å². The van der Waals surface area contributed by atoms with Crippen LogP contribution in [0.3, 0.4) is 0 Å². The van der Waals surface area contributed by atoms with Gasteiger partial charge < -0.3 is 19.5 Å². The van der Waals surface area contributed by atoms with Crippen LogP contribution in [0.25, 0.3) is 0 Å². The molecule has 0 amide bonds. The van der Waals surface area contributed by atoms with Crippen LogP contribution < -0.4 is 5.32 Å². The van der Waals surface area contributed by atoms with Crippen LogP contribution >= 0.6 is 0 Å². The molecule has 1 saturated heterocycles. The first-order valence-electron chi connectivity index (χ1n) is 8.06. The molecule has 5 nitrogen and oxygen atoms in total. The smallest absolute Gasteiger partial charge is 0.0615 e. The molecule has 2 unspecified atom stereocenters. The first-order chi connectivity index (χ1) is 10.0. The van der Waals surface area contributed by atoms with Gasteiger partial charge in [-0.25, -0.2) is 0 Å². The molecule has 21 heavy (non-hydrogen) atoms. The molecule has 2 atom stereocenters. The SMILES string of the molecule is COCCN(CC1(CNC(C)C)CCOC1)C(C)COC. The molecule has 0 aromatic rings. The number of hydrogen-bond donors (Lipinski definition) is 1. The van der Waals surface area contributed by atoms with Crippen molar-refractivity contribution in [3.8, 4) is 0 Å². The molecular weight excluding hydrogens is 268 g/mol. The normalized spacial score (nSPS) is 24.1. The van der Waals surface area contributed by atoms with Crippen molar-refractivity contribution in [2.24, 2.45) is 5.41 Å². The van der Waals surface area contributed by atoms with E-state index >= 15 is 0 Å². The fourth-order valence-electron chi connectivity index (χ4n) is 2.83. The molecule has 0 bridgehead atoms. The third-order valence-electron chi connectivity index (χ3n) is 4.22. The third kappa shape index (κ3) is 6.61. The molecule has 1 aliphatic heterocycles. The van der Waals surface area contributed by atoms with E-state index in [-0.39, 0.29) is 5.41 Å². The van der Waals surface area contributed by atoms with Gasteiger partial charge in [-0.15, -0.1) is 0 Å². The van der Waals surface area contributed by atoms with E-state index in [0.717, 1.165) is 52.5 Å². The Morgan fingerprint density at radius 1 is 1.24 bits per heavy atom. The zero-order chi connectivity index (χ0) is 15.7. The van der Waals surface area contributed by atoms with Crippen LogP contribution in [-0.4, -0.2) is 77.3 Å². The van der Waals surface area contributed by atoms with Gasteiger partial charge in [-0.05, 0) is 13.3 Å². The molecule has 1 N–H and O–H groups in total. The molecule has 0 saturated carbocycles. The summed E-state index contributed by atoms with van der Waals surface area (Å²) >= 11 is 0. The van der Waals surface area contributed by atoms with Crippen molar-refractivity contribution in [3.63, 3.8) is 0 Å². The lowest BCUT2D eigenvalue weighted by molar-refractivity contribution is 0.0367. The average molecular weight is 302 g/mol. The Kier molecular flexibility index (Phi) is 8.74. The number of methoxy groups -OCH3 is 2. The van der Waals surface area contributed by atoms with Crippen molar-refractivity contribution >= 4 is 0 Å². The van der Waals surface area contributed by atoms with Crippen molar-refractivity contribution in [3.05, 3.63) is 0 Å². The van der Waals surface area contributed by atoms with Crippen LogP contribution in [0.15, 0.2) is 0 Å². The summed E-state index contributed by atoms with van der Waals surface area (Å²) in [5.74, 6) is 0. The Morgan fingerprint density at radius 3 is 2.52 bits per heavy atom. The molecule has 1 fully saturated rings. The number of nitrogens with zero attached hydrogens (tertiary/aromatic N) is 1. The van der Waals surface area contributed by atoms with Crippen molar-refractivity contribution < 1.29 is 14.2 Å². The van der Waals surface area contributed by atoms with Crippen molar-refractivity contribution in [2.45, 2.75) is 39.3 Å². The number of hydrogen-bond acceptors (Lipinski definition) is 5. The highest BCUT2D eigenvalue weighted by molar-refractivity contribution is 4.90. The van der Waals surface area contributed by atoms with Gasteiger partial charge in [-0.3, -0.25) is 4.90 Å². The zero-order valence-electron chi connectivity index (χ0n) is 14.5. The van der Waals surface area contributed by atoms with Gasteiger partial charge in [0.05, 0.1) is 19.8 Å². The molecule has 1 rings (SSSR count). The molecule has 5 heteroatoms. The topological polar surface area (TPSA) is 43.0 Å². The average Bonchev–Trinajstić information content (AvgIpc) is 2.90. The summed E-state index contributed by atoms with van der Waals surface area (Å²) in [6.07, 6.45) is 1.12. The zero-order valence-corrected chi connectivity index (χ0v) is 14.5. The summed E-state index contributed by atoms with van der Waals surface area (Å²) in [5, 5.41) is 3.59. The van der Waals surface area contributed by atoms with E-state index in [2.05, 4.69) is 31.0 Å². The van der Waals surface area contributed by atoms with Crippen LogP contribution in [-0.2, 0) is 14.2 Å².